The highest BCUT2D eigenvalue weighted by atomic mass is 31.2. The predicted octanol–water partition coefficient (Wildman–Crippen LogP) is -2.79. The van der Waals surface area contributed by atoms with Crippen LogP contribution in [-0.2, 0) is 13.8 Å². The summed E-state index contributed by atoms with van der Waals surface area (Å²) in [6, 6.07) is -0.974. The van der Waals surface area contributed by atoms with Gasteiger partial charge in [-0.3, -0.25) is 4.52 Å². The average Bonchev–Trinajstić information content (AvgIpc) is 2.41. The Morgan fingerprint density at radius 1 is 1.41 bits per heavy atom. The van der Waals surface area contributed by atoms with Crippen LogP contribution in [-0.4, -0.2) is 57.2 Å². The quantitative estimate of drug-likeness (QED) is 0.298. The van der Waals surface area contributed by atoms with E-state index in [0.29, 0.717) is 0 Å². The Labute approximate surface area is 95.6 Å². The van der Waals surface area contributed by atoms with Crippen LogP contribution in [0.3, 0.4) is 0 Å². The third-order valence-electron chi connectivity index (χ3n) is 2.05. The summed E-state index contributed by atoms with van der Waals surface area (Å²) >= 11 is 0. The molecule has 1 aliphatic rings. The number of carbonyl (C=O) groups excluding carboxylic acids is 1. The lowest BCUT2D eigenvalue weighted by molar-refractivity contribution is -0.0276. The summed E-state index contributed by atoms with van der Waals surface area (Å²) in [4.78, 5) is 27.4. The second-order valence-corrected chi connectivity index (χ2v) is 4.61. The molecule has 0 spiro atoms. The summed E-state index contributed by atoms with van der Waals surface area (Å²) in [6.07, 6.45) is -5.37. The third-order valence-corrected chi connectivity index (χ3v) is 2.54. The summed E-state index contributed by atoms with van der Waals surface area (Å²) in [7, 11) is -4.70. The predicted molar refractivity (Wildman–Crippen MR) is 51.4 cm³/mol. The van der Waals surface area contributed by atoms with E-state index >= 15 is 0 Å². The Balaban J connectivity index is 2.53. The molecule has 10 nitrogen and oxygen atoms in total. The molecule has 0 aromatic heterocycles. The number of phosphoric acid groups is 1. The number of nitrogens with two attached hydrogens (primary N) is 1. The van der Waals surface area contributed by atoms with Crippen molar-refractivity contribution in [3.05, 3.63) is 0 Å². The molecule has 1 aliphatic heterocycles. The van der Waals surface area contributed by atoms with Crippen LogP contribution in [0.4, 0.5) is 4.79 Å². The van der Waals surface area contributed by atoms with E-state index in [2.05, 4.69) is 4.52 Å². The number of aliphatic hydroxyl groups excluding tert-OH is 2. The molecular formula is C6H13N2O8P. The van der Waals surface area contributed by atoms with E-state index < -0.39 is 45.0 Å². The van der Waals surface area contributed by atoms with Crippen LogP contribution in [0.15, 0.2) is 0 Å². The van der Waals surface area contributed by atoms with Gasteiger partial charge in [-0.25, -0.2) is 9.36 Å². The molecule has 2 amide bonds. The van der Waals surface area contributed by atoms with E-state index in [4.69, 9.17) is 20.3 Å². The second-order valence-electron chi connectivity index (χ2n) is 3.37. The van der Waals surface area contributed by atoms with E-state index in [1.165, 1.54) is 0 Å². The van der Waals surface area contributed by atoms with E-state index in [1.54, 1.807) is 0 Å². The van der Waals surface area contributed by atoms with Crippen molar-refractivity contribution in [3.8, 4) is 0 Å². The zero-order valence-electron chi connectivity index (χ0n) is 8.46. The summed E-state index contributed by atoms with van der Waals surface area (Å²) in [5, 5.41) is 20.9. The molecule has 100 valence electrons. The van der Waals surface area contributed by atoms with Gasteiger partial charge in [0.1, 0.15) is 18.3 Å². The van der Waals surface area contributed by atoms with Crippen LogP contribution in [0, 0.1) is 0 Å². The average molecular weight is 272 g/mol. The largest absolute Gasteiger partial charge is 0.469 e. The Morgan fingerprint density at radius 3 is 2.47 bits per heavy atom. The van der Waals surface area contributed by atoms with Gasteiger partial charge in [-0.1, -0.05) is 0 Å². The van der Waals surface area contributed by atoms with Gasteiger partial charge < -0.3 is 35.8 Å². The van der Waals surface area contributed by atoms with Crippen LogP contribution in [0.1, 0.15) is 0 Å². The maximum Gasteiger partial charge on any atom is 0.469 e. The summed E-state index contributed by atoms with van der Waals surface area (Å²) in [5.41, 5.74) is 4.79. The number of rotatable bonds is 4. The fourth-order valence-electron chi connectivity index (χ4n) is 1.32. The van der Waals surface area contributed by atoms with Gasteiger partial charge in [0.25, 0.3) is 0 Å². The van der Waals surface area contributed by atoms with Crippen molar-refractivity contribution in [2.45, 2.75) is 24.5 Å². The molecule has 0 unspecified atom stereocenters. The van der Waals surface area contributed by atoms with Crippen molar-refractivity contribution in [1.82, 2.24) is 5.32 Å². The molecule has 0 aliphatic carbocycles. The third kappa shape index (κ3) is 4.21. The molecule has 7 N–H and O–H groups in total. The van der Waals surface area contributed by atoms with Crippen molar-refractivity contribution in [3.63, 3.8) is 0 Å². The number of ether oxygens (including phenoxy) is 1. The molecule has 11 heteroatoms. The lowest BCUT2D eigenvalue weighted by Crippen LogP contribution is -2.45. The van der Waals surface area contributed by atoms with Crippen LogP contribution in [0.5, 0.6) is 0 Å². The van der Waals surface area contributed by atoms with Gasteiger partial charge in [-0.05, 0) is 0 Å². The van der Waals surface area contributed by atoms with Crippen LogP contribution in [0.2, 0.25) is 0 Å². The van der Waals surface area contributed by atoms with Gasteiger partial charge in [-0.2, -0.15) is 0 Å². The first-order chi connectivity index (χ1) is 7.70. The molecule has 1 heterocycles. The Morgan fingerprint density at radius 2 is 2.00 bits per heavy atom. The maximum atomic E-state index is 10.5. The van der Waals surface area contributed by atoms with Crippen molar-refractivity contribution in [1.29, 1.82) is 0 Å². The number of hydrogen-bond acceptors (Lipinski definition) is 6. The van der Waals surface area contributed by atoms with Gasteiger partial charge in [0.15, 0.2) is 6.23 Å². The summed E-state index contributed by atoms with van der Waals surface area (Å²) < 4.78 is 19.4. The smallest absolute Gasteiger partial charge is 0.387 e. The van der Waals surface area contributed by atoms with Gasteiger partial charge in [0.2, 0.25) is 0 Å². The summed E-state index contributed by atoms with van der Waals surface area (Å²) in [5.74, 6) is 0. The molecule has 17 heavy (non-hydrogen) atoms. The van der Waals surface area contributed by atoms with Crippen LogP contribution < -0.4 is 11.1 Å². The second kappa shape index (κ2) is 5.27. The Bertz CT molecular complexity index is 332. The van der Waals surface area contributed by atoms with E-state index in [1.807, 2.05) is 5.32 Å². The summed E-state index contributed by atoms with van der Waals surface area (Å²) in [6.45, 7) is -0.639. The fourth-order valence-corrected chi connectivity index (χ4v) is 1.66. The number of hydrogen-bond donors (Lipinski definition) is 6. The maximum absolute atomic E-state index is 10.5. The molecule has 1 fully saturated rings. The normalized spacial score (nSPS) is 33.6. The van der Waals surface area contributed by atoms with Gasteiger partial charge in [0.05, 0.1) is 6.61 Å². The van der Waals surface area contributed by atoms with Crippen LogP contribution >= 0.6 is 7.82 Å². The number of aliphatic hydroxyl groups is 2. The van der Waals surface area contributed by atoms with E-state index in [0.717, 1.165) is 0 Å². The first-order valence-corrected chi connectivity index (χ1v) is 6.01. The monoisotopic (exact) mass is 272 g/mol. The topological polar surface area (TPSA) is 172 Å². The molecule has 0 saturated carbocycles. The first-order valence-electron chi connectivity index (χ1n) is 4.48. The number of amides is 2. The fraction of sp³-hybridized carbons (Fsp3) is 0.833. The minimum absolute atomic E-state index is 0.639. The van der Waals surface area contributed by atoms with E-state index in [9.17, 15) is 19.6 Å². The lowest BCUT2D eigenvalue weighted by Gasteiger charge is -2.14. The molecule has 0 bridgehead atoms. The molecule has 4 atom stereocenters. The van der Waals surface area contributed by atoms with Crippen molar-refractivity contribution in [2.75, 3.05) is 6.61 Å². The standard InChI is InChI=1S/C6H13N2O8P/c7-6(11)8-5-4(10)3(9)2(16-5)1-15-17(12,13)14/h2-5,9-10H,1H2,(H3,7,8,11)(H2,12,13,14)/t2-,3-,4-,5-/m1/s1. The highest BCUT2D eigenvalue weighted by Gasteiger charge is 2.44. The Kier molecular flexibility index (Phi) is 4.44. The number of urea groups is 1. The minimum Gasteiger partial charge on any atom is -0.387 e. The number of primary amides is 1. The zero-order chi connectivity index (χ0) is 13.2. The molecule has 0 radical (unpaired) electrons. The minimum atomic E-state index is -4.70. The molecule has 0 aromatic carbocycles. The lowest BCUT2D eigenvalue weighted by atomic mass is 10.1. The SMILES string of the molecule is NC(=O)N[C@@H]1O[C@H](COP(=O)(O)O)[C@@H](O)[C@H]1O. The Hall–Kier alpha value is -0.740. The highest BCUT2D eigenvalue weighted by molar-refractivity contribution is 7.46. The van der Waals surface area contributed by atoms with Gasteiger partial charge >= 0.3 is 13.9 Å². The molecule has 0 aromatic rings. The van der Waals surface area contributed by atoms with Crippen LogP contribution in [0.25, 0.3) is 0 Å². The van der Waals surface area contributed by atoms with E-state index in [-0.39, 0.29) is 0 Å². The highest BCUT2D eigenvalue weighted by Crippen LogP contribution is 2.36. The van der Waals surface area contributed by atoms with Crippen molar-refractivity contribution < 1.29 is 38.6 Å². The van der Waals surface area contributed by atoms with Gasteiger partial charge in [0, 0.05) is 0 Å². The van der Waals surface area contributed by atoms with Crippen molar-refractivity contribution >= 4 is 13.9 Å². The zero-order valence-corrected chi connectivity index (χ0v) is 9.36. The number of carbonyl (C=O) groups is 1. The number of phosphoric ester groups is 1. The first kappa shape index (κ1) is 14.3. The molecular weight excluding hydrogens is 259 g/mol. The van der Waals surface area contributed by atoms with Crippen molar-refractivity contribution in [2.24, 2.45) is 5.73 Å². The number of nitrogens with one attached hydrogen (secondary N) is 1. The molecule has 1 rings (SSSR count). The van der Waals surface area contributed by atoms with Gasteiger partial charge in [-0.15, -0.1) is 0 Å². The molecule has 1 saturated heterocycles.